The fourth-order valence-electron chi connectivity index (χ4n) is 3.90. The van der Waals surface area contributed by atoms with Crippen LogP contribution in [-0.4, -0.2) is 28.6 Å². The van der Waals surface area contributed by atoms with Crippen molar-refractivity contribution >= 4 is 22.5 Å². The van der Waals surface area contributed by atoms with E-state index in [0.717, 1.165) is 45.3 Å². The van der Waals surface area contributed by atoms with Gasteiger partial charge in [-0.05, 0) is 54.8 Å². The molecule has 3 aromatic rings. The Balaban J connectivity index is 1.57. The van der Waals surface area contributed by atoms with Gasteiger partial charge in [0.25, 0.3) is 0 Å². The molecule has 0 bridgehead atoms. The highest BCUT2D eigenvalue weighted by atomic mass is 19.4. The second kappa shape index (κ2) is 8.50. The summed E-state index contributed by atoms with van der Waals surface area (Å²) in [5.41, 5.74) is 4.18. The third-order valence-electron chi connectivity index (χ3n) is 5.82. The summed E-state index contributed by atoms with van der Waals surface area (Å²) < 4.78 is 37.0. The summed E-state index contributed by atoms with van der Waals surface area (Å²) in [6.45, 7) is 4.99. The molecule has 1 aliphatic carbocycles. The lowest BCUT2D eigenvalue weighted by Gasteiger charge is -2.13. The number of carbonyl (C=O) groups is 1. The van der Waals surface area contributed by atoms with E-state index in [9.17, 15) is 18.0 Å². The molecule has 8 heteroatoms. The molecule has 4 rings (SSSR count). The van der Waals surface area contributed by atoms with Crippen LogP contribution in [0.5, 0.6) is 0 Å². The molecule has 0 radical (unpaired) electrons. The zero-order valence-electron chi connectivity index (χ0n) is 18.2. The van der Waals surface area contributed by atoms with Crippen molar-refractivity contribution in [2.75, 3.05) is 11.9 Å². The molecule has 2 atom stereocenters. The van der Waals surface area contributed by atoms with Gasteiger partial charge in [0.2, 0.25) is 5.91 Å². The Kier molecular flexibility index (Phi) is 5.90. The number of amides is 1. The maximum atomic E-state index is 12.3. The summed E-state index contributed by atoms with van der Waals surface area (Å²) in [6.07, 6.45) is -1.60. The number of nitrogens with zero attached hydrogens (tertiary/aromatic N) is 2. The smallest absolute Gasteiger partial charge is 0.310 e. The van der Waals surface area contributed by atoms with Crippen molar-refractivity contribution in [1.82, 2.24) is 15.3 Å². The minimum absolute atomic E-state index is 0.000849. The van der Waals surface area contributed by atoms with Gasteiger partial charge >= 0.3 is 6.18 Å². The van der Waals surface area contributed by atoms with Gasteiger partial charge in [-0.1, -0.05) is 25.1 Å². The Morgan fingerprint density at radius 2 is 1.94 bits per heavy atom. The lowest BCUT2D eigenvalue weighted by atomic mass is 10.00. The molecule has 0 unspecified atom stereocenters. The lowest BCUT2D eigenvalue weighted by molar-refractivity contribution is -0.125. The zero-order valence-corrected chi connectivity index (χ0v) is 18.2. The van der Waals surface area contributed by atoms with Crippen LogP contribution in [0.1, 0.15) is 30.2 Å². The first-order chi connectivity index (χ1) is 15.1. The number of anilines is 1. The molecule has 168 valence electrons. The van der Waals surface area contributed by atoms with Crippen LogP contribution in [0.2, 0.25) is 0 Å². The van der Waals surface area contributed by atoms with Crippen molar-refractivity contribution in [3.63, 3.8) is 0 Å². The van der Waals surface area contributed by atoms with Gasteiger partial charge in [-0.15, -0.1) is 0 Å². The van der Waals surface area contributed by atoms with E-state index in [4.69, 9.17) is 4.98 Å². The first kappa shape index (κ1) is 22.2. The second-order valence-corrected chi connectivity index (χ2v) is 8.56. The molecule has 1 amide bonds. The van der Waals surface area contributed by atoms with E-state index in [-0.39, 0.29) is 18.4 Å². The quantitative estimate of drug-likeness (QED) is 0.553. The highest BCUT2D eigenvalue weighted by Crippen LogP contribution is 2.38. The summed E-state index contributed by atoms with van der Waals surface area (Å²) in [7, 11) is 0. The summed E-state index contributed by atoms with van der Waals surface area (Å²) in [6, 6.07) is 9.36. The van der Waals surface area contributed by atoms with Crippen LogP contribution in [0, 0.1) is 25.7 Å². The highest BCUT2D eigenvalue weighted by molar-refractivity contribution is 5.96. The number of rotatable bonds is 6. The largest absolute Gasteiger partial charge is 0.401 e. The second-order valence-electron chi connectivity index (χ2n) is 8.56. The van der Waals surface area contributed by atoms with E-state index in [0.29, 0.717) is 11.7 Å². The molecule has 2 N–H and O–H groups in total. The number of hydrogen-bond donors (Lipinski definition) is 2. The van der Waals surface area contributed by atoms with Crippen LogP contribution < -0.4 is 10.6 Å². The minimum Gasteiger partial charge on any atom is -0.310 e. The first-order valence-corrected chi connectivity index (χ1v) is 10.6. The predicted octanol–water partition coefficient (Wildman–Crippen LogP) is 5.16. The molecule has 0 saturated heterocycles. The van der Waals surface area contributed by atoms with Crippen molar-refractivity contribution in [3.8, 4) is 11.3 Å². The van der Waals surface area contributed by atoms with E-state index in [2.05, 4.69) is 22.5 Å². The van der Waals surface area contributed by atoms with Crippen molar-refractivity contribution in [2.45, 2.75) is 39.9 Å². The normalized spacial score (nSPS) is 18.1. The number of fused-ring (bicyclic) bond motifs is 1. The molecule has 1 saturated carbocycles. The number of aryl methyl sites for hydroxylation is 2. The van der Waals surface area contributed by atoms with Gasteiger partial charge in [-0.25, -0.2) is 4.98 Å². The number of aromatic nitrogens is 2. The molecule has 1 aromatic carbocycles. The van der Waals surface area contributed by atoms with Crippen LogP contribution >= 0.6 is 0 Å². The number of carbonyl (C=O) groups excluding carboxylic acids is 1. The van der Waals surface area contributed by atoms with Gasteiger partial charge in [0.05, 0.1) is 12.2 Å². The summed E-state index contributed by atoms with van der Waals surface area (Å²) >= 11 is 0. The molecule has 5 nitrogen and oxygen atoms in total. The molecule has 2 aromatic heterocycles. The van der Waals surface area contributed by atoms with Crippen molar-refractivity contribution < 1.29 is 18.0 Å². The van der Waals surface area contributed by atoms with Crippen LogP contribution in [0.15, 0.2) is 36.5 Å². The summed E-state index contributed by atoms with van der Waals surface area (Å²) in [5, 5.41) is 7.13. The Morgan fingerprint density at radius 3 is 2.59 bits per heavy atom. The highest BCUT2D eigenvalue weighted by Gasteiger charge is 2.39. The third kappa shape index (κ3) is 5.07. The summed E-state index contributed by atoms with van der Waals surface area (Å²) in [5.74, 6) is 0.999. The van der Waals surface area contributed by atoms with Crippen molar-refractivity contribution in [2.24, 2.45) is 11.8 Å². The van der Waals surface area contributed by atoms with Crippen LogP contribution in [0.25, 0.3) is 22.0 Å². The average Bonchev–Trinajstić information content (AvgIpc) is 3.43. The number of halogens is 3. The first-order valence-electron chi connectivity index (χ1n) is 10.6. The van der Waals surface area contributed by atoms with Gasteiger partial charge in [-0.2, -0.15) is 13.2 Å². The number of benzene rings is 1. The molecular formula is C24H25F3N4O. The van der Waals surface area contributed by atoms with Gasteiger partial charge in [0.15, 0.2) is 0 Å². The Hall–Kier alpha value is -3.00. The third-order valence-corrected chi connectivity index (χ3v) is 5.82. The van der Waals surface area contributed by atoms with E-state index in [1.54, 1.807) is 6.20 Å². The molecule has 0 aliphatic heterocycles. The van der Waals surface area contributed by atoms with Gasteiger partial charge in [0.1, 0.15) is 5.82 Å². The molecule has 1 fully saturated rings. The van der Waals surface area contributed by atoms with E-state index < -0.39 is 12.7 Å². The van der Waals surface area contributed by atoms with Gasteiger partial charge < -0.3 is 10.6 Å². The Bertz CT molecular complexity index is 1180. The number of pyridine rings is 2. The fraction of sp³-hybridized carbons (Fsp3) is 0.375. The van der Waals surface area contributed by atoms with Crippen molar-refractivity contribution in [1.29, 1.82) is 0 Å². The molecule has 0 spiro atoms. The van der Waals surface area contributed by atoms with Crippen molar-refractivity contribution in [3.05, 3.63) is 53.3 Å². The fourth-order valence-corrected chi connectivity index (χ4v) is 3.90. The molecule has 2 heterocycles. The topological polar surface area (TPSA) is 66.9 Å². The minimum atomic E-state index is -4.23. The molecular weight excluding hydrogens is 417 g/mol. The van der Waals surface area contributed by atoms with Crippen LogP contribution in [0.4, 0.5) is 19.0 Å². The Labute approximate surface area is 184 Å². The Morgan fingerprint density at radius 1 is 1.19 bits per heavy atom. The SMILES string of the molecule is Cc1cc(CNCC(F)(F)F)ccc1-c1cc2cc(NC(=O)[C@@H]3C[C@H]3C)ncc2c(C)n1. The van der Waals surface area contributed by atoms with Crippen LogP contribution in [-0.2, 0) is 11.3 Å². The summed E-state index contributed by atoms with van der Waals surface area (Å²) in [4.78, 5) is 21.3. The molecule has 32 heavy (non-hydrogen) atoms. The monoisotopic (exact) mass is 442 g/mol. The van der Waals surface area contributed by atoms with Gasteiger partial charge in [-0.3, -0.25) is 9.78 Å². The average molecular weight is 442 g/mol. The predicted molar refractivity (Wildman–Crippen MR) is 118 cm³/mol. The standard InChI is InChI=1S/C24H25F3N4O/c1-13-6-16(10-28-12-24(25,26)27)4-5-18(13)21-8-17-9-22(29-11-20(17)15(3)30-21)31-23(32)19-7-14(19)2/h4-6,8-9,11,14,19,28H,7,10,12H2,1-3H3,(H,29,31,32)/t14-,19-/m1/s1. The van der Waals surface area contributed by atoms with E-state index in [1.807, 2.05) is 44.2 Å². The van der Waals surface area contributed by atoms with Crippen LogP contribution in [0.3, 0.4) is 0 Å². The number of alkyl halides is 3. The molecule has 1 aliphatic rings. The van der Waals surface area contributed by atoms with E-state index >= 15 is 0 Å². The lowest BCUT2D eigenvalue weighted by Crippen LogP contribution is -2.28. The zero-order chi connectivity index (χ0) is 23.0. The van der Waals surface area contributed by atoms with Gasteiger partial charge in [0, 0.05) is 35.3 Å². The van der Waals surface area contributed by atoms with E-state index in [1.165, 1.54) is 0 Å². The maximum Gasteiger partial charge on any atom is 0.401 e. The number of nitrogens with one attached hydrogen (secondary N) is 2. The maximum absolute atomic E-state index is 12.3. The number of hydrogen-bond acceptors (Lipinski definition) is 4.